The minimum atomic E-state index is 0.381. The number of fused-ring (bicyclic) bond motifs is 1. The SMILES string of the molecule is Cc1cccc(Oc2nc3ccccn3c2CN)c1. The minimum absolute atomic E-state index is 0.381. The molecule has 3 aromatic rings. The average molecular weight is 253 g/mol. The molecule has 4 heteroatoms. The number of ether oxygens (including phenoxy) is 1. The van der Waals surface area contributed by atoms with Crippen molar-refractivity contribution >= 4 is 5.65 Å². The highest BCUT2D eigenvalue weighted by Crippen LogP contribution is 2.25. The number of aryl methyl sites for hydroxylation is 1. The summed E-state index contributed by atoms with van der Waals surface area (Å²) in [6.07, 6.45) is 1.94. The van der Waals surface area contributed by atoms with Crippen LogP contribution in [0.2, 0.25) is 0 Å². The highest BCUT2D eigenvalue weighted by atomic mass is 16.5. The van der Waals surface area contributed by atoms with Crippen molar-refractivity contribution in [3.05, 3.63) is 59.9 Å². The highest BCUT2D eigenvalue weighted by Gasteiger charge is 2.12. The van der Waals surface area contributed by atoms with Gasteiger partial charge in [-0.25, -0.2) is 0 Å². The monoisotopic (exact) mass is 253 g/mol. The van der Waals surface area contributed by atoms with Gasteiger partial charge in [0, 0.05) is 12.7 Å². The average Bonchev–Trinajstić information content (AvgIpc) is 2.75. The van der Waals surface area contributed by atoms with E-state index >= 15 is 0 Å². The van der Waals surface area contributed by atoms with Crippen LogP contribution in [-0.2, 0) is 6.54 Å². The van der Waals surface area contributed by atoms with E-state index in [-0.39, 0.29) is 0 Å². The normalized spacial score (nSPS) is 10.8. The molecule has 0 radical (unpaired) electrons. The standard InChI is InChI=1S/C15H15N3O/c1-11-5-4-6-12(9-11)19-15-13(10-16)18-8-3-2-7-14(18)17-15/h2-9H,10,16H2,1H3. The van der Waals surface area contributed by atoms with Gasteiger partial charge in [0.1, 0.15) is 17.1 Å². The quantitative estimate of drug-likeness (QED) is 0.780. The van der Waals surface area contributed by atoms with Crippen LogP contribution in [0, 0.1) is 6.92 Å². The molecule has 4 nitrogen and oxygen atoms in total. The van der Waals surface area contributed by atoms with Crippen molar-refractivity contribution in [2.45, 2.75) is 13.5 Å². The molecule has 0 aliphatic heterocycles. The molecule has 1 aromatic carbocycles. The number of imidazole rings is 1. The van der Waals surface area contributed by atoms with Gasteiger partial charge in [0.05, 0.1) is 0 Å². The number of hydrogen-bond donors (Lipinski definition) is 1. The van der Waals surface area contributed by atoms with E-state index in [1.54, 1.807) is 0 Å². The molecular weight excluding hydrogens is 238 g/mol. The molecule has 2 aromatic heterocycles. The van der Waals surface area contributed by atoms with Crippen LogP contribution >= 0.6 is 0 Å². The van der Waals surface area contributed by atoms with Gasteiger partial charge in [-0.15, -0.1) is 0 Å². The second-order valence-corrected chi connectivity index (χ2v) is 4.42. The van der Waals surface area contributed by atoms with E-state index in [2.05, 4.69) is 4.98 Å². The summed E-state index contributed by atoms with van der Waals surface area (Å²) in [5.41, 5.74) is 8.66. The fourth-order valence-corrected chi connectivity index (χ4v) is 2.08. The van der Waals surface area contributed by atoms with Crippen LogP contribution in [-0.4, -0.2) is 9.38 Å². The summed E-state index contributed by atoms with van der Waals surface area (Å²) in [7, 11) is 0. The van der Waals surface area contributed by atoms with E-state index in [1.807, 2.05) is 60.0 Å². The van der Waals surface area contributed by atoms with Crippen LogP contribution in [0.25, 0.3) is 5.65 Å². The Morgan fingerprint density at radius 1 is 1.21 bits per heavy atom. The van der Waals surface area contributed by atoms with Crippen molar-refractivity contribution in [2.24, 2.45) is 5.73 Å². The molecule has 0 unspecified atom stereocenters. The second kappa shape index (κ2) is 4.74. The van der Waals surface area contributed by atoms with Crippen molar-refractivity contribution in [3.63, 3.8) is 0 Å². The number of rotatable bonds is 3. The molecule has 2 N–H and O–H groups in total. The third kappa shape index (κ3) is 2.18. The van der Waals surface area contributed by atoms with Crippen LogP contribution in [0.1, 0.15) is 11.3 Å². The van der Waals surface area contributed by atoms with Crippen molar-refractivity contribution in [1.82, 2.24) is 9.38 Å². The lowest BCUT2D eigenvalue weighted by molar-refractivity contribution is 0.459. The van der Waals surface area contributed by atoms with Crippen LogP contribution in [0.15, 0.2) is 48.7 Å². The van der Waals surface area contributed by atoms with E-state index in [4.69, 9.17) is 10.5 Å². The van der Waals surface area contributed by atoms with Crippen molar-refractivity contribution in [3.8, 4) is 11.6 Å². The van der Waals surface area contributed by atoms with Crippen LogP contribution in [0.3, 0.4) is 0 Å². The zero-order valence-corrected chi connectivity index (χ0v) is 10.7. The lowest BCUT2D eigenvalue weighted by Crippen LogP contribution is -2.02. The number of nitrogens with zero attached hydrogens (tertiary/aromatic N) is 2. The first-order valence-corrected chi connectivity index (χ1v) is 6.18. The zero-order valence-electron chi connectivity index (χ0n) is 10.7. The summed E-state index contributed by atoms with van der Waals surface area (Å²) in [6.45, 7) is 2.41. The van der Waals surface area contributed by atoms with Gasteiger partial charge in [0.15, 0.2) is 0 Å². The Morgan fingerprint density at radius 2 is 2.11 bits per heavy atom. The van der Waals surface area contributed by atoms with Gasteiger partial charge in [0.25, 0.3) is 0 Å². The maximum atomic E-state index is 5.85. The smallest absolute Gasteiger partial charge is 0.242 e. The number of hydrogen-bond acceptors (Lipinski definition) is 3. The Kier molecular flexibility index (Phi) is 2.93. The Bertz CT molecular complexity index is 718. The summed E-state index contributed by atoms with van der Waals surface area (Å²) in [5.74, 6) is 1.34. The molecule has 0 spiro atoms. The maximum absolute atomic E-state index is 5.85. The molecule has 0 amide bonds. The van der Waals surface area contributed by atoms with Crippen molar-refractivity contribution < 1.29 is 4.74 Å². The van der Waals surface area contributed by atoms with Crippen molar-refractivity contribution in [2.75, 3.05) is 0 Å². The molecular formula is C15H15N3O. The van der Waals surface area contributed by atoms with Gasteiger partial charge in [-0.1, -0.05) is 18.2 Å². The molecule has 3 rings (SSSR count). The maximum Gasteiger partial charge on any atom is 0.242 e. The molecule has 0 aliphatic rings. The Morgan fingerprint density at radius 3 is 2.89 bits per heavy atom. The molecule has 0 saturated carbocycles. The van der Waals surface area contributed by atoms with Crippen LogP contribution in [0.5, 0.6) is 11.6 Å². The van der Waals surface area contributed by atoms with Gasteiger partial charge < -0.3 is 10.5 Å². The van der Waals surface area contributed by atoms with Gasteiger partial charge in [-0.2, -0.15) is 4.98 Å². The lowest BCUT2D eigenvalue weighted by Gasteiger charge is -2.05. The largest absolute Gasteiger partial charge is 0.437 e. The molecule has 0 saturated heterocycles. The van der Waals surface area contributed by atoms with E-state index in [0.717, 1.165) is 22.7 Å². The summed E-state index contributed by atoms with van der Waals surface area (Å²) >= 11 is 0. The number of pyridine rings is 1. The van der Waals surface area contributed by atoms with E-state index in [1.165, 1.54) is 0 Å². The summed E-state index contributed by atoms with van der Waals surface area (Å²) < 4.78 is 7.80. The molecule has 19 heavy (non-hydrogen) atoms. The second-order valence-electron chi connectivity index (χ2n) is 4.42. The minimum Gasteiger partial charge on any atom is -0.437 e. The van der Waals surface area contributed by atoms with Crippen molar-refractivity contribution in [1.29, 1.82) is 0 Å². The molecule has 2 heterocycles. The van der Waals surface area contributed by atoms with E-state index in [9.17, 15) is 0 Å². The highest BCUT2D eigenvalue weighted by molar-refractivity contribution is 5.46. The number of nitrogens with two attached hydrogens (primary N) is 1. The Hall–Kier alpha value is -2.33. The predicted molar refractivity (Wildman–Crippen MR) is 74.3 cm³/mol. The van der Waals surface area contributed by atoms with E-state index in [0.29, 0.717) is 12.4 Å². The first-order chi connectivity index (χ1) is 9.28. The van der Waals surface area contributed by atoms with Crippen LogP contribution in [0.4, 0.5) is 0 Å². The van der Waals surface area contributed by atoms with Gasteiger partial charge >= 0.3 is 0 Å². The van der Waals surface area contributed by atoms with Gasteiger partial charge in [0.2, 0.25) is 5.88 Å². The Labute approximate surface area is 111 Å². The molecule has 0 bridgehead atoms. The molecule has 96 valence electrons. The fourth-order valence-electron chi connectivity index (χ4n) is 2.08. The van der Waals surface area contributed by atoms with Gasteiger partial charge in [-0.05, 0) is 36.8 Å². The van der Waals surface area contributed by atoms with Gasteiger partial charge in [-0.3, -0.25) is 4.40 Å². The summed E-state index contributed by atoms with van der Waals surface area (Å²) in [4.78, 5) is 4.47. The summed E-state index contributed by atoms with van der Waals surface area (Å²) in [6, 6.07) is 13.7. The number of benzene rings is 1. The third-order valence-corrected chi connectivity index (χ3v) is 2.99. The number of aromatic nitrogens is 2. The third-order valence-electron chi connectivity index (χ3n) is 2.99. The van der Waals surface area contributed by atoms with Crippen LogP contribution < -0.4 is 10.5 Å². The first-order valence-electron chi connectivity index (χ1n) is 6.18. The molecule has 0 atom stereocenters. The Balaban J connectivity index is 2.05. The lowest BCUT2D eigenvalue weighted by atomic mass is 10.2. The summed E-state index contributed by atoms with van der Waals surface area (Å²) in [5, 5.41) is 0. The van der Waals surface area contributed by atoms with E-state index < -0.39 is 0 Å². The fraction of sp³-hybridized carbons (Fsp3) is 0.133. The molecule has 0 fully saturated rings. The molecule has 0 aliphatic carbocycles. The predicted octanol–water partition coefficient (Wildman–Crippen LogP) is 2.89. The zero-order chi connectivity index (χ0) is 13.2. The topological polar surface area (TPSA) is 52.5 Å². The first kappa shape index (κ1) is 11.7.